The number of nitrogens with zero attached hydrogens (tertiary/aromatic N) is 2. The van der Waals surface area contributed by atoms with Crippen molar-refractivity contribution in [1.82, 2.24) is 15.1 Å². The van der Waals surface area contributed by atoms with Gasteiger partial charge in [0.05, 0.1) is 25.7 Å². The number of carboxylic acids is 1. The number of nitrogens with two attached hydrogens (primary N) is 1. The molecule has 2 unspecified atom stereocenters. The number of hydrogen-bond donors (Lipinski definition) is 3. The molecule has 12 nitrogen and oxygen atoms in total. The van der Waals surface area contributed by atoms with Crippen molar-refractivity contribution in [1.29, 1.82) is 0 Å². The van der Waals surface area contributed by atoms with Crippen molar-refractivity contribution in [3.63, 3.8) is 0 Å². The van der Waals surface area contributed by atoms with Crippen molar-refractivity contribution in [2.75, 3.05) is 26.2 Å². The highest BCUT2D eigenvalue weighted by atomic mass is 16.6. The largest absolute Gasteiger partial charge is 0.481 e. The van der Waals surface area contributed by atoms with Gasteiger partial charge in [0.25, 0.3) is 0 Å². The number of primary amides is 1. The van der Waals surface area contributed by atoms with Crippen molar-refractivity contribution in [3.05, 3.63) is 35.9 Å². The maximum atomic E-state index is 13.5. The minimum absolute atomic E-state index is 0.0521. The van der Waals surface area contributed by atoms with Crippen molar-refractivity contribution in [2.45, 2.75) is 50.5 Å². The van der Waals surface area contributed by atoms with Gasteiger partial charge >= 0.3 is 12.1 Å². The van der Waals surface area contributed by atoms with E-state index in [2.05, 4.69) is 5.32 Å². The normalized spacial score (nSPS) is 21.5. The summed E-state index contributed by atoms with van der Waals surface area (Å²) in [5.74, 6) is -2.76. The molecule has 12 heteroatoms. The summed E-state index contributed by atoms with van der Waals surface area (Å²) in [5.41, 5.74) is 5.92. The van der Waals surface area contributed by atoms with Gasteiger partial charge in [-0.25, -0.2) is 4.79 Å². The second-order valence-electron chi connectivity index (χ2n) is 8.45. The van der Waals surface area contributed by atoms with E-state index in [0.29, 0.717) is 19.4 Å². The molecule has 0 aliphatic carbocycles. The van der Waals surface area contributed by atoms with Crippen molar-refractivity contribution < 1.29 is 38.6 Å². The van der Waals surface area contributed by atoms with Crippen LogP contribution in [0.4, 0.5) is 4.79 Å². The molecule has 2 saturated heterocycles. The van der Waals surface area contributed by atoms with Gasteiger partial charge in [0, 0.05) is 19.5 Å². The van der Waals surface area contributed by atoms with Crippen LogP contribution in [0, 0.1) is 0 Å². The number of nitrogens with one attached hydrogen (secondary N) is 1. The number of carboxylic acid groups (broad SMARTS) is 1. The first-order valence-corrected chi connectivity index (χ1v) is 11.4. The van der Waals surface area contributed by atoms with E-state index in [-0.39, 0.29) is 39.1 Å². The number of amides is 4. The van der Waals surface area contributed by atoms with E-state index in [4.69, 9.17) is 20.3 Å². The third-order valence-electron chi connectivity index (χ3n) is 5.93. The highest BCUT2D eigenvalue weighted by Crippen LogP contribution is 2.27. The molecule has 0 bridgehead atoms. The van der Waals surface area contributed by atoms with Crippen molar-refractivity contribution in [3.8, 4) is 0 Å². The quantitative estimate of drug-likeness (QED) is 0.407. The summed E-state index contributed by atoms with van der Waals surface area (Å²) >= 11 is 0. The SMILES string of the molecule is NC(=O)CNC(=O)[C@@H]1CC(OCCC(=O)O)CN1C(=O)C1CCCN1C(=O)OCc1ccccc1. The molecule has 2 aliphatic rings. The van der Waals surface area contributed by atoms with Gasteiger partial charge in [-0.3, -0.25) is 24.1 Å². The van der Waals surface area contributed by atoms with Crippen molar-refractivity contribution in [2.24, 2.45) is 5.73 Å². The molecular weight excluding hydrogens is 460 g/mol. The van der Waals surface area contributed by atoms with E-state index in [9.17, 15) is 24.0 Å². The fourth-order valence-electron chi connectivity index (χ4n) is 4.25. The lowest BCUT2D eigenvalue weighted by Gasteiger charge is -2.30. The average Bonchev–Trinajstić information content (AvgIpc) is 3.49. The Morgan fingerprint density at radius 3 is 2.51 bits per heavy atom. The van der Waals surface area contributed by atoms with Crippen molar-refractivity contribution >= 4 is 29.8 Å². The molecule has 2 heterocycles. The number of carbonyl (C=O) groups excluding carboxylic acids is 4. The fourth-order valence-corrected chi connectivity index (χ4v) is 4.25. The number of benzene rings is 1. The molecule has 0 aromatic heterocycles. The van der Waals surface area contributed by atoms with Gasteiger partial charge in [-0.2, -0.15) is 0 Å². The van der Waals surface area contributed by atoms with Gasteiger partial charge < -0.3 is 30.5 Å². The van der Waals surface area contributed by atoms with Crippen LogP contribution in [0.25, 0.3) is 0 Å². The molecule has 190 valence electrons. The maximum Gasteiger partial charge on any atom is 0.410 e. The van der Waals surface area contributed by atoms with Gasteiger partial charge in [-0.1, -0.05) is 30.3 Å². The van der Waals surface area contributed by atoms with Crippen LogP contribution in [0.5, 0.6) is 0 Å². The molecule has 1 aromatic rings. The first kappa shape index (κ1) is 25.9. The maximum absolute atomic E-state index is 13.5. The first-order valence-electron chi connectivity index (χ1n) is 11.4. The monoisotopic (exact) mass is 490 g/mol. The highest BCUT2D eigenvalue weighted by molar-refractivity contribution is 5.93. The zero-order valence-electron chi connectivity index (χ0n) is 19.3. The summed E-state index contributed by atoms with van der Waals surface area (Å²) in [6, 6.07) is 7.41. The second-order valence-corrected chi connectivity index (χ2v) is 8.45. The Kier molecular flexibility index (Phi) is 9.01. The topological polar surface area (TPSA) is 169 Å². The summed E-state index contributed by atoms with van der Waals surface area (Å²) in [6.45, 7) is 0.00614. The molecule has 0 spiro atoms. The molecule has 1 aromatic carbocycles. The minimum Gasteiger partial charge on any atom is -0.481 e. The molecule has 3 atom stereocenters. The lowest BCUT2D eigenvalue weighted by atomic mass is 10.1. The average molecular weight is 491 g/mol. The first-order chi connectivity index (χ1) is 16.8. The van der Waals surface area contributed by atoms with Crippen LogP contribution < -0.4 is 11.1 Å². The van der Waals surface area contributed by atoms with Gasteiger partial charge in [-0.05, 0) is 18.4 Å². The molecule has 2 fully saturated rings. The Balaban J connectivity index is 1.67. The Labute approximate surface area is 202 Å². The zero-order valence-corrected chi connectivity index (χ0v) is 19.3. The van der Waals surface area contributed by atoms with Crippen LogP contribution in [0.3, 0.4) is 0 Å². The van der Waals surface area contributed by atoms with Gasteiger partial charge in [0.2, 0.25) is 17.7 Å². The Hall–Kier alpha value is -3.67. The minimum atomic E-state index is -1.03. The lowest BCUT2D eigenvalue weighted by Crippen LogP contribution is -2.53. The Bertz CT molecular complexity index is 941. The number of hydrogen-bond acceptors (Lipinski definition) is 7. The molecule has 3 rings (SSSR count). The smallest absolute Gasteiger partial charge is 0.410 e. The fraction of sp³-hybridized carbons (Fsp3) is 0.522. The van der Waals surface area contributed by atoms with E-state index < -0.39 is 48.0 Å². The molecule has 4 amide bonds. The lowest BCUT2D eigenvalue weighted by molar-refractivity contribution is -0.142. The number of carbonyl (C=O) groups is 5. The Morgan fingerprint density at radius 2 is 1.83 bits per heavy atom. The number of likely N-dealkylation sites (tertiary alicyclic amines) is 2. The molecule has 0 radical (unpaired) electrons. The van der Waals surface area contributed by atoms with Crippen LogP contribution in [0.2, 0.25) is 0 Å². The van der Waals surface area contributed by atoms with Gasteiger partial charge in [0.1, 0.15) is 18.7 Å². The van der Waals surface area contributed by atoms with Crippen LogP contribution in [-0.2, 0) is 35.3 Å². The number of ether oxygens (including phenoxy) is 2. The van der Waals surface area contributed by atoms with Gasteiger partial charge in [0.15, 0.2) is 0 Å². The van der Waals surface area contributed by atoms with Crippen LogP contribution in [-0.4, -0.2) is 89.1 Å². The molecule has 0 saturated carbocycles. The molecule has 35 heavy (non-hydrogen) atoms. The molecule has 4 N–H and O–H groups in total. The predicted octanol–water partition coefficient (Wildman–Crippen LogP) is -0.150. The third kappa shape index (κ3) is 7.15. The summed E-state index contributed by atoms with van der Waals surface area (Å²) < 4.78 is 11.0. The van der Waals surface area contributed by atoms with E-state index >= 15 is 0 Å². The molecular formula is C23H30N4O8. The highest BCUT2D eigenvalue weighted by Gasteiger charge is 2.45. The molecule has 2 aliphatic heterocycles. The van der Waals surface area contributed by atoms with E-state index in [1.165, 1.54) is 9.80 Å². The second kappa shape index (κ2) is 12.2. The summed E-state index contributed by atoms with van der Waals surface area (Å²) in [4.78, 5) is 63.5. The predicted molar refractivity (Wildman–Crippen MR) is 121 cm³/mol. The van der Waals surface area contributed by atoms with E-state index in [1.807, 2.05) is 30.3 Å². The van der Waals surface area contributed by atoms with Crippen LogP contribution >= 0.6 is 0 Å². The summed E-state index contributed by atoms with van der Waals surface area (Å²) in [6.07, 6.45) is -0.263. The summed E-state index contributed by atoms with van der Waals surface area (Å²) in [7, 11) is 0. The number of aliphatic carboxylic acids is 1. The van der Waals surface area contributed by atoms with E-state index in [0.717, 1.165) is 5.56 Å². The van der Waals surface area contributed by atoms with E-state index in [1.54, 1.807) is 0 Å². The Morgan fingerprint density at radius 1 is 1.09 bits per heavy atom. The third-order valence-corrected chi connectivity index (χ3v) is 5.93. The standard InChI is InChI=1S/C23H30N4O8/c24-19(28)12-25-21(31)18-11-16(34-10-8-20(29)30)13-27(18)22(32)17-7-4-9-26(17)23(33)35-14-15-5-2-1-3-6-15/h1-3,5-6,16-18H,4,7-14H2,(H2,24,28)(H,25,31)(H,29,30)/t16?,17?,18-/m0/s1. The van der Waals surface area contributed by atoms with Crippen LogP contribution in [0.15, 0.2) is 30.3 Å². The zero-order chi connectivity index (χ0) is 25.4. The number of rotatable bonds is 10. The van der Waals surface area contributed by atoms with Gasteiger partial charge in [-0.15, -0.1) is 0 Å². The summed E-state index contributed by atoms with van der Waals surface area (Å²) in [5, 5.41) is 11.2. The van der Waals surface area contributed by atoms with Crippen LogP contribution in [0.1, 0.15) is 31.2 Å².